The first-order valence-corrected chi connectivity index (χ1v) is 16.8. The number of alkyl halides is 3. The Kier molecular flexibility index (Phi) is 11.0. The number of likely N-dealkylation sites (tertiary alicyclic amines) is 1. The van der Waals surface area contributed by atoms with Crippen LogP contribution in [-0.4, -0.2) is 68.2 Å². The van der Waals surface area contributed by atoms with Gasteiger partial charge in [0.05, 0.1) is 35.7 Å². The highest BCUT2D eigenvalue weighted by molar-refractivity contribution is 5.79. The standard InChI is InChI=1S/C37H41F4N5O5/c1-6-50-27-12-10-26(11-13-27)46-33(43-32-28(34(46)48)8-7-17-42-32)23(2)45(22-24-15-18-44(19-16-24)35(49)51-36(3,4)5)31(47)21-25-9-14-30(38)29(20-25)37(39,40)41/h7-14,17,20,23-24H,6,15-16,18-19,21-22H2,1-5H3/t23-/m1/s1. The number of pyridine rings is 1. The average Bonchev–Trinajstić information content (AvgIpc) is 3.07. The van der Waals surface area contributed by atoms with Gasteiger partial charge in [-0.1, -0.05) is 6.07 Å². The number of hydrogen-bond acceptors (Lipinski definition) is 7. The van der Waals surface area contributed by atoms with Crippen LogP contribution in [0.5, 0.6) is 5.75 Å². The van der Waals surface area contributed by atoms with Gasteiger partial charge in [-0.25, -0.2) is 19.2 Å². The average molecular weight is 712 g/mol. The fourth-order valence-corrected chi connectivity index (χ4v) is 6.12. The van der Waals surface area contributed by atoms with E-state index in [0.29, 0.717) is 56.1 Å². The molecule has 51 heavy (non-hydrogen) atoms. The molecule has 1 aliphatic rings. The van der Waals surface area contributed by atoms with Gasteiger partial charge in [0.15, 0.2) is 5.65 Å². The van der Waals surface area contributed by atoms with Crippen LogP contribution in [0.3, 0.4) is 0 Å². The third-order valence-electron chi connectivity index (χ3n) is 8.65. The Bertz CT molecular complexity index is 1930. The van der Waals surface area contributed by atoms with Gasteiger partial charge >= 0.3 is 12.3 Å². The largest absolute Gasteiger partial charge is 0.494 e. The van der Waals surface area contributed by atoms with Gasteiger partial charge in [-0.3, -0.25) is 14.2 Å². The van der Waals surface area contributed by atoms with E-state index in [1.165, 1.54) is 15.7 Å². The number of benzene rings is 2. The maximum Gasteiger partial charge on any atom is 0.419 e. The van der Waals surface area contributed by atoms with Crippen molar-refractivity contribution >= 4 is 23.0 Å². The molecule has 3 heterocycles. The van der Waals surface area contributed by atoms with Gasteiger partial charge in [0.25, 0.3) is 5.56 Å². The molecule has 10 nitrogen and oxygen atoms in total. The first-order chi connectivity index (χ1) is 24.1. The van der Waals surface area contributed by atoms with E-state index in [0.717, 1.165) is 6.07 Å². The van der Waals surface area contributed by atoms with Gasteiger partial charge < -0.3 is 19.3 Å². The molecule has 0 aliphatic carbocycles. The number of hydrogen-bond donors (Lipinski definition) is 0. The molecule has 0 spiro atoms. The van der Waals surface area contributed by atoms with Crippen molar-refractivity contribution in [3.8, 4) is 11.4 Å². The Hall–Kier alpha value is -5.01. The first-order valence-electron chi connectivity index (χ1n) is 16.8. The molecule has 0 unspecified atom stereocenters. The first kappa shape index (κ1) is 37.3. The molecule has 4 aromatic rings. The highest BCUT2D eigenvalue weighted by atomic mass is 19.4. The highest BCUT2D eigenvalue weighted by Gasteiger charge is 2.36. The van der Waals surface area contributed by atoms with Crippen LogP contribution in [0.15, 0.2) is 65.6 Å². The zero-order valence-electron chi connectivity index (χ0n) is 29.2. The monoisotopic (exact) mass is 711 g/mol. The highest BCUT2D eigenvalue weighted by Crippen LogP contribution is 2.33. The van der Waals surface area contributed by atoms with Crippen LogP contribution in [0.4, 0.5) is 22.4 Å². The molecule has 0 N–H and O–H groups in total. The van der Waals surface area contributed by atoms with Crippen LogP contribution in [0.2, 0.25) is 0 Å². The zero-order chi connectivity index (χ0) is 37.1. The molecule has 1 fully saturated rings. The van der Waals surface area contributed by atoms with Crippen LogP contribution < -0.4 is 10.3 Å². The lowest BCUT2D eigenvalue weighted by atomic mass is 9.95. The van der Waals surface area contributed by atoms with Gasteiger partial charge in [0, 0.05) is 25.8 Å². The summed E-state index contributed by atoms with van der Waals surface area (Å²) in [6, 6.07) is 11.6. The second kappa shape index (κ2) is 15.1. The van der Waals surface area contributed by atoms with Crippen LogP contribution in [0.25, 0.3) is 16.7 Å². The number of amides is 2. The second-order valence-corrected chi connectivity index (χ2v) is 13.5. The van der Waals surface area contributed by atoms with E-state index in [1.54, 1.807) is 69.0 Å². The summed E-state index contributed by atoms with van der Waals surface area (Å²) in [7, 11) is 0. The Morgan fingerprint density at radius 1 is 1.04 bits per heavy atom. The zero-order valence-corrected chi connectivity index (χ0v) is 29.2. The summed E-state index contributed by atoms with van der Waals surface area (Å²) in [5, 5.41) is 0.251. The summed E-state index contributed by atoms with van der Waals surface area (Å²) in [6.07, 6.45) is -3.33. The summed E-state index contributed by atoms with van der Waals surface area (Å²) < 4.78 is 67.4. The van der Waals surface area contributed by atoms with Crippen molar-refractivity contribution < 1.29 is 36.6 Å². The minimum atomic E-state index is -4.95. The van der Waals surface area contributed by atoms with Gasteiger partial charge in [0.1, 0.15) is 23.0 Å². The third kappa shape index (κ3) is 8.84. The Balaban J connectivity index is 1.53. The number of carbonyl (C=O) groups excluding carboxylic acids is 2. The van der Waals surface area contributed by atoms with Gasteiger partial charge in [-0.05, 0) is 107 Å². The lowest BCUT2D eigenvalue weighted by Crippen LogP contribution is -2.46. The fraction of sp³-hybridized carbons (Fsp3) is 0.432. The minimum Gasteiger partial charge on any atom is -0.494 e. The molecule has 1 atom stereocenters. The van der Waals surface area contributed by atoms with Crippen molar-refractivity contribution in [2.45, 2.75) is 71.7 Å². The van der Waals surface area contributed by atoms with Crippen molar-refractivity contribution in [2.75, 3.05) is 26.2 Å². The number of piperidine rings is 1. The number of ether oxygens (including phenoxy) is 2. The quantitative estimate of drug-likeness (QED) is 0.170. The number of nitrogens with zero attached hydrogens (tertiary/aromatic N) is 5. The maximum atomic E-state index is 14.2. The SMILES string of the molecule is CCOc1ccc(-n2c([C@@H](C)N(CC3CCN(C(=O)OC(C)(C)C)CC3)C(=O)Cc3ccc(F)c(C(F)(F)F)c3)nc3ncccc3c2=O)cc1. The van der Waals surface area contributed by atoms with Gasteiger partial charge in [-0.2, -0.15) is 13.2 Å². The summed E-state index contributed by atoms with van der Waals surface area (Å²) in [5.74, 6) is -1.33. The lowest BCUT2D eigenvalue weighted by Gasteiger charge is -2.37. The molecule has 5 rings (SSSR count). The number of rotatable bonds is 9. The van der Waals surface area contributed by atoms with E-state index < -0.39 is 53.2 Å². The Morgan fingerprint density at radius 2 is 1.73 bits per heavy atom. The second-order valence-electron chi connectivity index (χ2n) is 13.5. The van der Waals surface area contributed by atoms with Gasteiger partial charge in [-0.15, -0.1) is 0 Å². The predicted molar refractivity (Wildman–Crippen MR) is 182 cm³/mol. The summed E-state index contributed by atoms with van der Waals surface area (Å²) in [5.41, 5.74) is -1.96. The summed E-state index contributed by atoms with van der Waals surface area (Å²) in [6.45, 7) is 10.2. The molecule has 0 radical (unpaired) electrons. The molecule has 2 amide bonds. The molecular formula is C37H41F4N5O5. The summed E-state index contributed by atoms with van der Waals surface area (Å²) >= 11 is 0. The minimum absolute atomic E-state index is 0.0253. The van der Waals surface area contributed by atoms with E-state index in [4.69, 9.17) is 14.5 Å². The van der Waals surface area contributed by atoms with Crippen LogP contribution in [-0.2, 0) is 22.1 Å². The van der Waals surface area contributed by atoms with Crippen molar-refractivity contribution in [1.29, 1.82) is 0 Å². The smallest absolute Gasteiger partial charge is 0.419 e. The van der Waals surface area contributed by atoms with E-state index in [2.05, 4.69) is 4.98 Å². The normalized spacial score (nSPS) is 14.7. The molecule has 0 saturated carbocycles. The van der Waals surface area contributed by atoms with E-state index >= 15 is 0 Å². The number of fused-ring (bicyclic) bond motifs is 1. The molecule has 1 aliphatic heterocycles. The lowest BCUT2D eigenvalue weighted by molar-refractivity contribution is -0.140. The number of halogens is 4. The van der Waals surface area contributed by atoms with E-state index in [9.17, 15) is 31.9 Å². The number of carbonyl (C=O) groups is 2. The van der Waals surface area contributed by atoms with Crippen molar-refractivity contribution in [2.24, 2.45) is 5.92 Å². The molecule has 2 aromatic carbocycles. The van der Waals surface area contributed by atoms with E-state index in [1.807, 2.05) is 6.92 Å². The predicted octanol–water partition coefficient (Wildman–Crippen LogP) is 7.12. The third-order valence-corrected chi connectivity index (χ3v) is 8.65. The molecule has 14 heteroatoms. The molecule has 1 saturated heterocycles. The molecule has 0 bridgehead atoms. The van der Waals surface area contributed by atoms with Crippen LogP contribution in [0, 0.1) is 11.7 Å². The van der Waals surface area contributed by atoms with Crippen molar-refractivity contribution in [3.05, 3.63) is 93.9 Å². The van der Waals surface area contributed by atoms with E-state index in [-0.39, 0.29) is 34.9 Å². The van der Waals surface area contributed by atoms with Gasteiger partial charge in [0.2, 0.25) is 5.91 Å². The van der Waals surface area contributed by atoms with Crippen LogP contribution >= 0.6 is 0 Å². The Labute approximate surface area is 293 Å². The topological polar surface area (TPSA) is 107 Å². The molecular weight excluding hydrogens is 670 g/mol. The maximum absolute atomic E-state index is 14.2. The van der Waals surface area contributed by atoms with Crippen LogP contribution in [0.1, 0.15) is 70.5 Å². The van der Waals surface area contributed by atoms with Crippen molar-refractivity contribution in [3.63, 3.8) is 0 Å². The molecule has 272 valence electrons. The van der Waals surface area contributed by atoms with Crippen molar-refractivity contribution in [1.82, 2.24) is 24.3 Å². The fourth-order valence-electron chi connectivity index (χ4n) is 6.12. The summed E-state index contributed by atoms with van der Waals surface area (Å²) in [4.78, 5) is 53.1. The molecule has 2 aromatic heterocycles. The Morgan fingerprint density at radius 3 is 2.35 bits per heavy atom. The number of aromatic nitrogens is 3.